The van der Waals surface area contributed by atoms with E-state index in [0.717, 1.165) is 11.1 Å². The molecule has 3 nitrogen and oxygen atoms in total. The zero-order valence-electron chi connectivity index (χ0n) is 10.1. The van der Waals surface area contributed by atoms with Crippen LogP contribution in [0.5, 0.6) is 5.75 Å². The van der Waals surface area contributed by atoms with Crippen molar-refractivity contribution in [2.75, 3.05) is 6.61 Å². The number of rotatable bonds is 5. The Morgan fingerprint density at radius 3 is 2.83 bits per heavy atom. The van der Waals surface area contributed by atoms with E-state index < -0.39 is 0 Å². The highest BCUT2D eigenvalue weighted by molar-refractivity contribution is 6.17. The van der Waals surface area contributed by atoms with Crippen LogP contribution in [-0.2, 0) is 19.3 Å². The maximum absolute atomic E-state index is 13.6. The topological polar surface area (TPSA) is 27.1 Å². The standard InChI is InChI=1S/C13H14ClFN2O/c1-17-9-11(8-16-17)4-5-18-13-3-2-10(7-14)6-12(13)15/h2-3,6,8-9H,4-5,7H2,1H3. The predicted molar refractivity (Wildman–Crippen MR) is 68.4 cm³/mol. The van der Waals surface area contributed by atoms with Gasteiger partial charge in [0.2, 0.25) is 0 Å². The molecule has 0 saturated heterocycles. The van der Waals surface area contributed by atoms with Crippen LogP contribution in [0.1, 0.15) is 11.1 Å². The summed E-state index contributed by atoms with van der Waals surface area (Å²) in [5, 5.41) is 4.05. The Morgan fingerprint density at radius 1 is 1.39 bits per heavy atom. The van der Waals surface area contributed by atoms with Crippen molar-refractivity contribution in [2.24, 2.45) is 7.05 Å². The molecule has 0 spiro atoms. The normalized spacial score (nSPS) is 10.6. The lowest BCUT2D eigenvalue weighted by Crippen LogP contribution is -2.02. The lowest BCUT2D eigenvalue weighted by molar-refractivity contribution is 0.305. The van der Waals surface area contributed by atoms with Gasteiger partial charge in [-0.15, -0.1) is 11.6 Å². The van der Waals surface area contributed by atoms with E-state index >= 15 is 0 Å². The smallest absolute Gasteiger partial charge is 0.165 e. The van der Waals surface area contributed by atoms with E-state index in [1.165, 1.54) is 6.07 Å². The maximum atomic E-state index is 13.6. The van der Waals surface area contributed by atoms with Gasteiger partial charge in [-0.3, -0.25) is 4.68 Å². The molecule has 2 aromatic rings. The minimum atomic E-state index is -0.376. The van der Waals surface area contributed by atoms with Crippen LogP contribution in [0.2, 0.25) is 0 Å². The summed E-state index contributed by atoms with van der Waals surface area (Å²) in [5.74, 6) is 0.180. The van der Waals surface area contributed by atoms with Crippen molar-refractivity contribution in [2.45, 2.75) is 12.3 Å². The molecule has 0 saturated carbocycles. The van der Waals surface area contributed by atoms with Gasteiger partial charge < -0.3 is 4.74 Å². The van der Waals surface area contributed by atoms with E-state index in [4.69, 9.17) is 16.3 Å². The molecule has 96 valence electrons. The number of aryl methyl sites for hydroxylation is 1. The molecule has 0 amide bonds. The Kier molecular flexibility index (Phi) is 4.20. The number of ether oxygens (including phenoxy) is 1. The highest BCUT2D eigenvalue weighted by Crippen LogP contribution is 2.19. The van der Waals surface area contributed by atoms with Gasteiger partial charge in [0.1, 0.15) is 0 Å². The summed E-state index contributed by atoms with van der Waals surface area (Å²) >= 11 is 5.62. The van der Waals surface area contributed by atoms with Crippen molar-refractivity contribution >= 4 is 11.6 Å². The van der Waals surface area contributed by atoms with E-state index in [-0.39, 0.29) is 11.6 Å². The Hall–Kier alpha value is -1.55. The summed E-state index contributed by atoms with van der Waals surface area (Å²) in [5.41, 5.74) is 1.81. The minimum Gasteiger partial charge on any atom is -0.490 e. The maximum Gasteiger partial charge on any atom is 0.165 e. The van der Waals surface area contributed by atoms with Crippen LogP contribution in [0.4, 0.5) is 4.39 Å². The second kappa shape index (κ2) is 5.87. The average molecular weight is 269 g/mol. The highest BCUT2D eigenvalue weighted by atomic mass is 35.5. The molecule has 0 radical (unpaired) electrons. The lowest BCUT2D eigenvalue weighted by atomic mass is 10.2. The first-order valence-corrected chi connectivity index (χ1v) is 6.17. The fraction of sp³-hybridized carbons (Fsp3) is 0.308. The molecule has 18 heavy (non-hydrogen) atoms. The molecule has 1 aromatic carbocycles. The Morgan fingerprint density at radius 2 is 2.22 bits per heavy atom. The summed E-state index contributed by atoms with van der Waals surface area (Å²) in [6.45, 7) is 0.419. The van der Waals surface area contributed by atoms with Crippen LogP contribution in [0.15, 0.2) is 30.6 Å². The number of halogens is 2. The summed E-state index contributed by atoms with van der Waals surface area (Å²) in [7, 11) is 1.86. The number of hydrogen-bond donors (Lipinski definition) is 0. The number of benzene rings is 1. The van der Waals surface area contributed by atoms with Gasteiger partial charge >= 0.3 is 0 Å². The first-order valence-electron chi connectivity index (χ1n) is 5.64. The van der Waals surface area contributed by atoms with Gasteiger partial charge in [-0.25, -0.2) is 4.39 Å². The van der Waals surface area contributed by atoms with Gasteiger partial charge in [0.05, 0.1) is 12.8 Å². The van der Waals surface area contributed by atoms with Crippen molar-refractivity contribution in [3.63, 3.8) is 0 Å². The zero-order valence-corrected chi connectivity index (χ0v) is 10.8. The van der Waals surface area contributed by atoms with Gasteiger partial charge in [-0.2, -0.15) is 5.10 Å². The Balaban J connectivity index is 1.90. The molecule has 0 atom stereocenters. The molecular formula is C13H14ClFN2O. The average Bonchev–Trinajstić information content (AvgIpc) is 2.77. The third-order valence-electron chi connectivity index (χ3n) is 2.56. The monoisotopic (exact) mass is 268 g/mol. The van der Waals surface area contributed by atoms with Gasteiger partial charge in [0.25, 0.3) is 0 Å². The quantitative estimate of drug-likeness (QED) is 0.780. The van der Waals surface area contributed by atoms with E-state index in [9.17, 15) is 4.39 Å². The van der Waals surface area contributed by atoms with Crippen molar-refractivity contribution in [3.8, 4) is 5.75 Å². The molecule has 0 aliphatic carbocycles. The predicted octanol–water partition coefficient (Wildman–Crippen LogP) is 2.92. The fourth-order valence-electron chi connectivity index (χ4n) is 1.62. The molecule has 0 aliphatic rings. The third kappa shape index (κ3) is 3.23. The van der Waals surface area contributed by atoms with Crippen LogP contribution < -0.4 is 4.74 Å². The number of hydrogen-bond acceptors (Lipinski definition) is 2. The molecular weight excluding hydrogens is 255 g/mol. The van der Waals surface area contributed by atoms with E-state index in [1.807, 2.05) is 13.2 Å². The minimum absolute atomic E-state index is 0.257. The zero-order chi connectivity index (χ0) is 13.0. The van der Waals surface area contributed by atoms with Crippen molar-refractivity contribution < 1.29 is 9.13 Å². The number of nitrogens with zero attached hydrogens (tertiary/aromatic N) is 2. The second-order valence-electron chi connectivity index (χ2n) is 4.02. The summed E-state index contributed by atoms with van der Waals surface area (Å²) < 4.78 is 20.7. The molecule has 0 fully saturated rings. The summed E-state index contributed by atoms with van der Waals surface area (Å²) in [4.78, 5) is 0. The number of aromatic nitrogens is 2. The molecule has 1 heterocycles. The van der Waals surface area contributed by atoms with Gasteiger partial charge in [-0.05, 0) is 23.3 Å². The summed E-state index contributed by atoms with van der Waals surface area (Å²) in [6, 6.07) is 4.76. The first-order chi connectivity index (χ1) is 8.69. The molecule has 1 aromatic heterocycles. The van der Waals surface area contributed by atoms with E-state index in [2.05, 4.69) is 5.10 Å². The second-order valence-corrected chi connectivity index (χ2v) is 4.29. The largest absolute Gasteiger partial charge is 0.490 e. The number of alkyl halides is 1. The van der Waals surface area contributed by atoms with Crippen molar-refractivity contribution in [3.05, 3.63) is 47.5 Å². The Bertz CT molecular complexity index is 527. The van der Waals surface area contributed by atoms with Crippen molar-refractivity contribution in [1.82, 2.24) is 9.78 Å². The van der Waals surface area contributed by atoms with Gasteiger partial charge in [0, 0.05) is 25.5 Å². The lowest BCUT2D eigenvalue weighted by Gasteiger charge is -2.07. The molecule has 5 heteroatoms. The van der Waals surface area contributed by atoms with Crippen LogP contribution in [0.3, 0.4) is 0 Å². The van der Waals surface area contributed by atoms with Gasteiger partial charge in [-0.1, -0.05) is 6.07 Å². The molecule has 0 unspecified atom stereocenters. The SMILES string of the molecule is Cn1cc(CCOc2ccc(CCl)cc2F)cn1. The fourth-order valence-corrected chi connectivity index (χ4v) is 1.79. The van der Waals surface area contributed by atoms with Crippen LogP contribution in [-0.4, -0.2) is 16.4 Å². The highest BCUT2D eigenvalue weighted by Gasteiger charge is 2.05. The van der Waals surface area contributed by atoms with Crippen LogP contribution in [0, 0.1) is 5.82 Å². The van der Waals surface area contributed by atoms with Gasteiger partial charge in [0.15, 0.2) is 11.6 Å². The molecule has 0 bridgehead atoms. The summed E-state index contributed by atoms with van der Waals surface area (Å²) in [6.07, 6.45) is 4.39. The molecule has 0 aliphatic heterocycles. The van der Waals surface area contributed by atoms with E-state index in [0.29, 0.717) is 18.9 Å². The molecule has 0 N–H and O–H groups in total. The first kappa shape index (κ1) is 12.9. The van der Waals surface area contributed by atoms with Crippen LogP contribution in [0.25, 0.3) is 0 Å². The van der Waals surface area contributed by atoms with E-state index in [1.54, 1.807) is 23.0 Å². The van der Waals surface area contributed by atoms with Crippen molar-refractivity contribution in [1.29, 1.82) is 0 Å². The molecule has 2 rings (SSSR count). The third-order valence-corrected chi connectivity index (χ3v) is 2.87. The van der Waals surface area contributed by atoms with Crippen LogP contribution >= 0.6 is 11.6 Å². The Labute approximate surface area is 110 Å².